The van der Waals surface area contributed by atoms with Crippen molar-refractivity contribution in [2.24, 2.45) is 0 Å². The van der Waals surface area contributed by atoms with Gasteiger partial charge in [-0.1, -0.05) is 12.1 Å². The zero-order valence-corrected chi connectivity index (χ0v) is 11.6. The van der Waals surface area contributed by atoms with Gasteiger partial charge in [0.2, 0.25) is 6.04 Å². The molecule has 0 saturated heterocycles. The quantitative estimate of drug-likeness (QED) is 0.579. The zero-order valence-electron chi connectivity index (χ0n) is 11.6. The molecule has 1 atom stereocenters. The Morgan fingerprint density at radius 1 is 1.45 bits per heavy atom. The number of carbonyl (C=O) groups is 3. The first kappa shape index (κ1) is 15.7. The number of carbonyl (C=O) groups excluding carboxylic acids is 2. The Labute approximate surface area is 126 Å². The summed E-state index contributed by atoms with van der Waals surface area (Å²) >= 11 is 0. The summed E-state index contributed by atoms with van der Waals surface area (Å²) in [7, 11) is 0. The first-order valence-electron chi connectivity index (χ1n) is 6.63. The van der Waals surface area contributed by atoms with Crippen molar-refractivity contribution < 1.29 is 29.6 Å². The van der Waals surface area contributed by atoms with Gasteiger partial charge in [-0.3, -0.25) is 14.5 Å². The molecule has 0 radical (unpaired) electrons. The minimum Gasteiger partial charge on any atom is -0.477 e. The summed E-state index contributed by atoms with van der Waals surface area (Å²) in [5.74, 6) is -3.03. The Morgan fingerprint density at radius 3 is 2.82 bits per heavy atom. The third-order valence-corrected chi connectivity index (χ3v) is 3.29. The molecule has 0 fully saturated rings. The second-order valence-electron chi connectivity index (χ2n) is 4.78. The highest BCUT2D eigenvalue weighted by atomic mass is 19.1. The number of imide groups is 1. The van der Waals surface area contributed by atoms with Crippen molar-refractivity contribution >= 4 is 17.8 Å². The van der Waals surface area contributed by atoms with Crippen LogP contribution in [0.5, 0.6) is 0 Å². The second kappa shape index (κ2) is 6.37. The maximum atomic E-state index is 13.4. The lowest BCUT2D eigenvalue weighted by Gasteiger charge is -2.12. The van der Waals surface area contributed by atoms with Crippen LogP contribution in [0.15, 0.2) is 24.0 Å². The van der Waals surface area contributed by atoms with Gasteiger partial charge in [0.25, 0.3) is 11.8 Å². The van der Waals surface area contributed by atoms with Crippen LogP contribution in [0.1, 0.15) is 33.6 Å². The lowest BCUT2D eigenvalue weighted by molar-refractivity contribution is -0.399. The van der Waals surface area contributed by atoms with Gasteiger partial charge < -0.3 is 10.8 Å². The van der Waals surface area contributed by atoms with Crippen LogP contribution in [0, 0.1) is 12.1 Å². The van der Waals surface area contributed by atoms with Crippen LogP contribution in [0.25, 0.3) is 0 Å². The van der Waals surface area contributed by atoms with Gasteiger partial charge in [-0.05, 0) is 31.1 Å². The maximum Gasteiger partial charge on any atom is 0.369 e. The van der Waals surface area contributed by atoms with Gasteiger partial charge in [-0.25, -0.2) is 9.18 Å². The molecule has 0 bridgehead atoms. The van der Waals surface area contributed by atoms with Crippen molar-refractivity contribution in [1.82, 2.24) is 4.90 Å². The van der Waals surface area contributed by atoms with E-state index in [1.807, 2.05) is 0 Å². The van der Waals surface area contributed by atoms with E-state index in [-0.39, 0.29) is 24.1 Å². The van der Waals surface area contributed by atoms with Crippen LogP contribution in [0.4, 0.5) is 4.39 Å². The number of hydrogen-bond acceptors (Lipinski definition) is 3. The largest absolute Gasteiger partial charge is 0.477 e. The van der Waals surface area contributed by atoms with E-state index in [2.05, 4.69) is 17.9 Å². The van der Waals surface area contributed by atoms with Crippen LogP contribution in [-0.4, -0.2) is 40.4 Å². The van der Waals surface area contributed by atoms with E-state index in [0.29, 0.717) is 6.42 Å². The summed E-state index contributed by atoms with van der Waals surface area (Å²) in [6, 6.07) is 6.81. The number of quaternary nitrogens is 1. The first-order chi connectivity index (χ1) is 10.4. The summed E-state index contributed by atoms with van der Waals surface area (Å²) in [6.07, 6.45) is 1.65. The summed E-state index contributed by atoms with van der Waals surface area (Å²) in [5, 5.41) is 8.60. The molecular formula is C15H14FN2O4+. The fraction of sp³-hybridized carbons (Fsp3) is 0.267. The summed E-state index contributed by atoms with van der Waals surface area (Å²) in [4.78, 5) is 35.7. The molecule has 0 saturated carbocycles. The lowest BCUT2D eigenvalue weighted by Crippen LogP contribution is -2.65. The van der Waals surface area contributed by atoms with E-state index in [9.17, 15) is 18.8 Å². The number of aliphatic carboxylic acids is 1. The Morgan fingerprint density at radius 2 is 2.18 bits per heavy atom. The average molecular weight is 305 g/mol. The van der Waals surface area contributed by atoms with Crippen molar-refractivity contribution in [3.63, 3.8) is 0 Å². The molecule has 1 aliphatic rings. The molecule has 1 aliphatic heterocycles. The molecule has 7 heteroatoms. The van der Waals surface area contributed by atoms with Crippen molar-refractivity contribution in [2.45, 2.75) is 18.9 Å². The van der Waals surface area contributed by atoms with Crippen LogP contribution < -0.4 is 5.73 Å². The molecule has 0 aliphatic carbocycles. The van der Waals surface area contributed by atoms with Gasteiger partial charge in [0, 0.05) is 6.54 Å². The number of carboxylic acids is 1. The molecule has 114 valence electrons. The van der Waals surface area contributed by atoms with Gasteiger partial charge in [0.15, 0.2) is 5.83 Å². The number of allylic oxidation sites excluding steroid dienone is 1. The third-order valence-electron chi connectivity index (χ3n) is 3.29. The van der Waals surface area contributed by atoms with Crippen LogP contribution >= 0.6 is 0 Å². The monoisotopic (exact) mass is 305 g/mol. The SMILES string of the molecule is [NH3+]C(C(=O)O)/C(F)=C/CCCN1C(=O)c2c#cccc2C1=O. The van der Waals surface area contributed by atoms with E-state index in [4.69, 9.17) is 5.11 Å². The van der Waals surface area contributed by atoms with Crippen LogP contribution in [-0.2, 0) is 4.79 Å². The summed E-state index contributed by atoms with van der Waals surface area (Å²) in [6.45, 7) is 0.124. The van der Waals surface area contributed by atoms with E-state index in [0.717, 1.165) is 11.0 Å². The van der Waals surface area contributed by atoms with Crippen molar-refractivity contribution in [3.8, 4) is 0 Å². The Balaban J connectivity index is 1.92. The van der Waals surface area contributed by atoms with Crippen molar-refractivity contribution in [1.29, 1.82) is 0 Å². The fourth-order valence-electron chi connectivity index (χ4n) is 2.06. The maximum absolute atomic E-state index is 13.4. The minimum absolute atomic E-state index is 0.124. The zero-order chi connectivity index (χ0) is 16.3. The molecular weight excluding hydrogens is 291 g/mol. The van der Waals surface area contributed by atoms with Crippen molar-refractivity contribution in [2.75, 3.05) is 6.54 Å². The van der Waals surface area contributed by atoms with E-state index >= 15 is 0 Å². The number of carboxylic acid groups (broad SMARTS) is 1. The predicted octanol–water partition coefficient (Wildman–Crippen LogP) is 0.212. The molecule has 1 aromatic carbocycles. The normalized spacial score (nSPS) is 15.5. The molecule has 2 amide bonds. The Hall–Kier alpha value is -2.72. The number of nitrogens with zero attached hydrogens (tertiary/aromatic N) is 1. The third kappa shape index (κ3) is 2.97. The fourth-order valence-corrected chi connectivity index (χ4v) is 2.06. The second-order valence-corrected chi connectivity index (χ2v) is 4.78. The topological polar surface area (TPSA) is 102 Å². The minimum atomic E-state index is -1.44. The van der Waals surface area contributed by atoms with Crippen LogP contribution in [0.3, 0.4) is 0 Å². The molecule has 0 spiro atoms. The number of rotatable bonds is 6. The number of unbranched alkanes of at least 4 members (excludes halogenated alkanes) is 1. The Kier molecular flexibility index (Phi) is 4.53. The molecule has 6 nitrogen and oxygen atoms in total. The molecule has 4 N–H and O–H groups in total. The van der Waals surface area contributed by atoms with Gasteiger partial charge >= 0.3 is 5.97 Å². The summed E-state index contributed by atoms with van der Waals surface area (Å²) < 4.78 is 13.4. The first-order valence-corrected chi connectivity index (χ1v) is 6.63. The lowest BCUT2D eigenvalue weighted by atomic mass is 10.2. The standard InChI is InChI=1S/C15H13FN2O4/c16-11(12(17)15(21)22)7-3-4-8-18-13(19)9-5-1-2-6-10(9)14(18)20/h1,5,7,12H,3-4,8,17H2,(H,21,22)/p+1/b11-7-. The van der Waals surface area contributed by atoms with Crippen molar-refractivity contribution in [3.05, 3.63) is 47.3 Å². The van der Waals surface area contributed by atoms with E-state index in [1.54, 1.807) is 0 Å². The highest BCUT2D eigenvalue weighted by molar-refractivity contribution is 6.20. The number of halogens is 1. The average Bonchev–Trinajstić information content (AvgIpc) is 2.75. The number of amides is 2. The molecule has 2 rings (SSSR count). The van der Waals surface area contributed by atoms with E-state index < -0.39 is 29.7 Å². The Bertz CT molecular complexity index is 622. The molecule has 1 aromatic rings. The predicted molar refractivity (Wildman–Crippen MR) is 72.2 cm³/mol. The molecule has 22 heavy (non-hydrogen) atoms. The number of fused-ring (bicyclic) bond motifs is 1. The molecule has 0 aromatic heterocycles. The van der Waals surface area contributed by atoms with E-state index in [1.165, 1.54) is 12.1 Å². The molecule has 1 unspecified atom stereocenters. The van der Waals surface area contributed by atoms with Gasteiger partial charge in [-0.15, -0.1) is 0 Å². The highest BCUT2D eigenvalue weighted by Gasteiger charge is 2.34. The van der Waals surface area contributed by atoms with Gasteiger partial charge in [0.1, 0.15) is 5.56 Å². The smallest absolute Gasteiger partial charge is 0.369 e. The van der Waals surface area contributed by atoms with Crippen LogP contribution in [0.2, 0.25) is 0 Å². The van der Waals surface area contributed by atoms with Gasteiger partial charge in [-0.2, -0.15) is 0 Å². The summed E-state index contributed by atoms with van der Waals surface area (Å²) in [5.41, 5.74) is 3.65. The molecule has 1 heterocycles. The highest BCUT2D eigenvalue weighted by Crippen LogP contribution is 2.21. The number of hydrogen-bond donors (Lipinski definition) is 2. The van der Waals surface area contributed by atoms with Gasteiger partial charge in [0.05, 0.1) is 5.56 Å².